The Morgan fingerprint density at radius 3 is 3.00 bits per heavy atom. The Bertz CT molecular complexity index is 883. The fourth-order valence-electron chi connectivity index (χ4n) is 4.05. The van der Waals surface area contributed by atoms with Gasteiger partial charge in [0.25, 0.3) is 0 Å². The van der Waals surface area contributed by atoms with E-state index in [2.05, 4.69) is 40.4 Å². The Morgan fingerprint density at radius 1 is 1.32 bits per heavy atom. The number of benzene rings is 1. The first-order chi connectivity index (χ1) is 12.0. The van der Waals surface area contributed by atoms with E-state index in [4.69, 9.17) is 0 Å². The second-order valence-electron chi connectivity index (χ2n) is 7.44. The summed E-state index contributed by atoms with van der Waals surface area (Å²) < 4.78 is 0. The normalized spacial score (nSPS) is 20.0. The van der Waals surface area contributed by atoms with Crippen LogP contribution in [0.25, 0.3) is 10.9 Å². The van der Waals surface area contributed by atoms with Crippen LogP contribution in [0.15, 0.2) is 42.7 Å². The van der Waals surface area contributed by atoms with E-state index in [0.29, 0.717) is 6.42 Å². The lowest BCUT2D eigenvalue weighted by molar-refractivity contribution is 0.0393. The molecule has 0 spiro atoms. The molecular weight excluding hydrogens is 310 g/mol. The Balaban J connectivity index is 1.73. The molecule has 4 nitrogen and oxygen atoms in total. The highest BCUT2D eigenvalue weighted by Gasteiger charge is 2.31. The van der Waals surface area contributed by atoms with Gasteiger partial charge >= 0.3 is 0 Å². The fourth-order valence-corrected chi connectivity index (χ4v) is 4.05. The van der Waals surface area contributed by atoms with E-state index in [-0.39, 0.29) is 5.92 Å². The van der Waals surface area contributed by atoms with E-state index in [1.165, 1.54) is 27.7 Å². The molecule has 0 radical (unpaired) electrons. The summed E-state index contributed by atoms with van der Waals surface area (Å²) in [6.07, 6.45) is 5.18. The average molecular weight is 335 g/mol. The zero-order chi connectivity index (χ0) is 17.4. The Hall–Kier alpha value is -2.17. The molecule has 25 heavy (non-hydrogen) atoms. The average Bonchev–Trinajstić information content (AvgIpc) is 2.84. The molecule has 1 aromatic carbocycles. The molecule has 3 heterocycles. The third kappa shape index (κ3) is 3.08. The molecule has 0 fully saturated rings. The standard InChI is InChI=1S/C21H25N3O/c1-14-5-6-19-18(10-14)17-7-9-23-12-15(20(17)24-19)11-21(2,25)16-4-3-8-22-13-16/h3-6,8,10,13,15,23-25H,7,9,11-12H2,1-2H3. The number of rotatable bonds is 3. The maximum absolute atomic E-state index is 11.1. The number of aliphatic hydroxyl groups is 1. The van der Waals surface area contributed by atoms with Crippen LogP contribution in [0.2, 0.25) is 0 Å². The molecule has 2 unspecified atom stereocenters. The summed E-state index contributed by atoms with van der Waals surface area (Å²) in [4.78, 5) is 7.81. The number of aromatic amines is 1. The minimum Gasteiger partial charge on any atom is -0.385 e. The van der Waals surface area contributed by atoms with Crippen LogP contribution in [0.5, 0.6) is 0 Å². The van der Waals surface area contributed by atoms with Gasteiger partial charge in [-0.05, 0) is 57.0 Å². The summed E-state index contributed by atoms with van der Waals surface area (Å²) in [5.41, 5.74) is 5.11. The third-order valence-corrected chi connectivity index (χ3v) is 5.37. The number of hydrogen-bond acceptors (Lipinski definition) is 3. The summed E-state index contributed by atoms with van der Waals surface area (Å²) in [6, 6.07) is 10.4. The number of hydrogen-bond donors (Lipinski definition) is 3. The lowest BCUT2D eigenvalue weighted by atomic mass is 9.84. The minimum absolute atomic E-state index is 0.236. The number of aromatic nitrogens is 2. The number of aryl methyl sites for hydroxylation is 1. The van der Waals surface area contributed by atoms with E-state index in [1.807, 2.05) is 19.1 Å². The molecule has 0 saturated carbocycles. The van der Waals surface area contributed by atoms with Gasteiger partial charge in [-0.2, -0.15) is 0 Å². The maximum Gasteiger partial charge on any atom is 0.0890 e. The van der Waals surface area contributed by atoms with Crippen molar-refractivity contribution < 1.29 is 5.11 Å². The first kappa shape index (κ1) is 16.3. The highest BCUT2D eigenvalue weighted by Crippen LogP contribution is 2.37. The van der Waals surface area contributed by atoms with Crippen molar-refractivity contribution in [2.45, 2.75) is 38.2 Å². The van der Waals surface area contributed by atoms with Gasteiger partial charge in [0.15, 0.2) is 0 Å². The summed E-state index contributed by atoms with van der Waals surface area (Å²) >= 11 is 0. The number of fused-ring (bicyclic) bond motifs is 3. The van der Waals surface area contributed by atoms with Crippen LogP contribution in [0, 0.1) is 6.92 Å². The second-order valence-corrected chi connectivity index (χ2v) is 7.44. The van der Waals surface area contributed by atoms with Gasteiger partial charge in [-0.3, -0.25) is 4.98 Å². The van der Waals surface area contributed by atoms with Crippen molar-refractivity contribution in [1.82, 2.24) is 15.3 Å². The first-order valence-corrected chi connectivity index (χ1v) is 8.99. The minimum atomic E-state index is -0.907. The first-order valence-electron chi connectivity index (χ1n) is 8.99. The van der Waals surface area contributed by atoms with Crippen molar-refractivity contribution in [3.63, 3.8) is 0 Å². The summed E-state index contributed by atoms with van der Waals surface area (Å²) in [7, 11) is 0. The van der Waals surface area contributed by atoms with Crippen LogP contribution < -0.4 is 5.32 Å². The zero-order valence-electron chi connectivity index (χ0n) is 14.8. The lowest BCUT2D eigenvalue weighted by Crippen LogP contribution is -2.29. The van der Waals surface area contributed by atoms with Gasteiger partial charge in [0.1, 0.15) is 0 Å². The van der Waals surface area contributed by atoms with E-state index < -0.39 is 5.60 Å². The smallest absolute Gasteiger partial charge is 0.0890 e. The highest BCUT2D eigenvalue weighted by molar-refractivity contribution is 5.85. The predicted octanol–water partition coefficient (Wildman–Crippen LogP) is 3.40. The van der Waals surface area contributed by atoms with Crippen LogP contribution in [-0.4, -0.2) is 28.2 Å². The SMILES string of the molecule is Cc1ccc2[nH]c3c(c2c1)CCNCC3CC(C)(O)c1cccnc1. The molecule has 0 amide bonds. The number of pyridine rings is 1. The van der Waals surface area contributed by atoms with Crippen molar-refractivity contribution in [3.8, 4) is 0 Å². The number of H-pyrrole nitrogens is 1. The summed E-state index contributed by atoms with van der Waals surface area (Å²) in [5, 5.41) is 16.0. The molecule has 0 saturated heterocycles. The molecule has 0 aliphatic carbocycles. The van der Waals surface area contributed by atoms with E-state index in [0.717, 1.165) is 25.1 Å². The molecule has 130 valence electrons. The molecule has 1 aliphatic heterocycles. The predicted molar refractivity (Wildman–Crippen MR) is 101 cm³/mol. The molecule has 3 N–H and O–H groups in total. The molecule has 3 aromatic rings. The largest absolute Gasteiger partial charge is 0.385 e. The van der Waals surface area contributed by atoms with Crippen molar-refractivity contribution in [3.05, 3.63) is 65.1 Å². The van der Waals surface area contributed by atoms with Crippen molar-refractivity contribution >= 4 is 10.9 Å². The van der Waals surface area contributed by atoms with E-state index in [1.54, 1.807) is 12.4 Å². The van der Waals surface area contributed by atoms with Gasteiger partial charge in [0.05, 0.1) is 5.60 Å². The van der Waals surface area contributed by atoms with Gasteiger partial charge in [-0.1, -0.05) is 17.7 Å². The zero-order valence-corrected chi connectivity index (χ0v) is 14.8. The Morgan fingerprint density at radius 2 is 2.20 bits per heavy atom. The van der Waals surface area contributed by atoms with Crippen LogP contribution in [-0.2, 0) is 12.0 Å². The molecule has 0 bridgehead atoms. The van der Waals surface area contributed by atoms with E-state index in [9.17, 15) is 5.11 Å². The second kappa shape index (κ2) is 6.28. The molecule has 4 rings (SSSR count). The van der Waals surface area contributed by atoms with Crippen LogP contribution in [0.4, 0.5) is 0 Å². The fraction of sp³-hybridized carbons (Fsp3) is 0.381. The quantitative estimate of drug-likeness (QED) is 0.687. The van der Waals surface area contributed by atoms with Crippen molar-refractivity contribution in [1.29, 1.82) is 0 Å². The monoisotopic (exact) mass is 335 g/mol. The van der Waals surface area contributed by atoms with Crippen molar-refractivity contribution in [2.24, 2.45) is 0 Å². The van der Waals surface area contributed by atoms with Crippen LogP contribution >= 0.6 is 0 Å². The molecule has 1 aliphatic rings. The third-order valence-electron chi connectivity index (χ3n) is 5.37. The Labute approximate surface area is 148 Å². The maximum atomic E-state index is 11.1. The van der Waals surface area contributed by atoms with Crippen molar-refractivity contribution in [2.75, 3.05) is 13.1 Å². The topological polar surface area (TPSA) is 60.9 Å². The van der Waals surface area contributed by atoms with Crippen LogP contribution in [0.3, 0.4) is 0 Å². The van der Waals surface area contributed by atoms with Gasteiger partial charge < -0.3 is 15.4 Å². The number of nitrogens with zero attached hydrogens (tertiary/aromatic N) is 1. The van der Waals surface area contributed by atoms with Gasteiger partial charge in [-0.15, -0.1) is 0 Å². The van der Waals surface area contributed by atoms with Gasteiger partial charge in [0.2, 0.25) is 0 Å². The molecule has 4 heteroatoms. The Kier molecular flexibility index (Phi) is 4.10. The molecular formula is C21H25N3O. The van der Waals surface area contributed by atoms with Crippen LogP contribution in [0.1, 0.15) is 41.6 Å². The van der Waals surface area contributed by atoms with E-state index >= 15 is 0 Å². The molecule has 2 aromatic heterocycles. The molecule has 2 atom stereocenters. The van der Waals surface area contributed by atoms with Gasteiger partial charge in [0, 0.05) is 47.0 Å². The highest BCUT2D eigenvalue weighted by atomic mass is 16.3. The lowest BCUT2D eigenvalue weighted by Gasteiger charge is -2.28. The van der Waals surface area contributed by atoms with Gasteiger partial charge in [-0.25, -0.2) is 0 Å². The summed E-state index contributed by atoms with van der Waals surface area (Å²) in [6.45, 7) is 5.87. The number of nitrogens with one attached hydrogen (secondary N) is 2. The summed E-state index contributed by atoms with van der Waals surface area (Å²) in [5.74, 6) is 0.236.